The van der Waals surface area contributed by atoms with Gasteiger partial charge in [-0.1, -0.05) is 40.2 Å². The summed E-state index contributed by atoms with van der Waals surface area (Å²) < 4.78 is 6.75. The number of amides is 1. The third kappa shape index (κ3) is 1.66. The molecule has 0 aliphatic carbocycles. The van der Waals surface area contributed by atoms with Crippen molar-refractivity contribution in [3.05, 3.63) is 64.1 Å². The molecule has 4 rings (SSSR count). The minimum Gasteiger partial charge on any atom is -0.332 e. The molecule has 0 N–H and O–H groups in total. The van der Waals surface area contributed by atoms with Crippen molar-refractivity contribution in [1.82, 2.24) is 0 Å². The molecule has 5 heteroatoms. The van der Waals surface area contributed by atoms with Gasteiger partial charge in [0.1, 0.15) is 6.10 Å². The van der Waals surface area contributed by atoms with Gasteiger partial charge in [0.15, 0.2) is 0 Å². The van der Waals surface area contributed by atoms with Crippen LogP contribution in [-0.2, 0) is 9.53 Å². The molecule has 1 amide bonds. The second-order valence-corrected chi connectivity index (χ2v) is 6.36. The Morgan fingerprint density at radius 1 is 1.18 bits per heavy atom. The van der Waals surface area contributed by atoms with Crippen LogP contribution < -0.4 is 4.90 Å². The zero-order valence-electron chi connectivity index (χ0n) is 11.7. The zero-order valence-corrected chi connectivity index (χ0v) is 13.3. The van der Waals surface area contributed by atoms with Crippen molar-refractivity contribution < 1.29 is 14.3 Å². The van der Waals surface area contributed by atoms with Crippen molar-refractivity contribution in [3.8, 4) is 0 Å². The molecule has 2 aliphatic rings. The Morgan fingerprint density at radius 2 is 1.86 bits per heavy atom. The molecule has 0 aromatic heterocycles. The smallest absolute Gasteiger partial charge is 0.244 e. The maximum Gasteiger partial charge on any atom is 0.244 e. The van der Waals surface area contributed by atoms with Gasteiger partial charge in [-0.15, -0.1) is 0 Å². The highest BCUT2D eigenvalue weighted by atomic mass is 79.9. The molecule has 0 unspecified atom stereocenters. The summed E-state index contributed by atoms with van der Waals surface area (Å²) in [6.07, 6.45) is -0.426. The van der Waals surface area contributed by atoms with Crippen LogP contribution >= 0.6 is 15.9 Å². The number of anilines is 1. The Balaban J connectivity index is 1.81. The Hall–Kier alpha value is -1.98. The molecule has 2 atom stereocenters. The third-order valence-corrected chi connectivity index (χ3v) is 4.66. The number of para-hydroxylation sites is 1. The van der Waals surface area contributed by atoms with Crippen LogP contribution in [0.2, 0.25) is 0 Å². The van der Waals surface area contributed by atoms with Crippen LogP contribution in [0.5, 0.6) is 0 Å². The van der Waals surface area contributed by atoms with Crippen molar-refractivity contribution in [1.29, 1.82) is 0 Å². The number of hydrogen-bond donors (Lipinski definition) is 0. The fourth-order valence-electron chi connectivity index (χ4n) is 3.16. The number of hydrogen-bond acceptors (Lipinski definition) is 3. The maximum absolute atomic E-state index is 12.8. The van der Waals surface area contributed by atoms with Crippen LogP contribution in [0, 0.1) is 0 Å². The molecular formula is C17H12BrNO3. The Morgan fingerprint density at radius 3 is 2.55 bits per heavy atom. The highest BCUT2D eigenvalue weighted by Gasteiger charge is 2.72. The molecule has 1 fully saturated rings. The van der Waals surface area contributed by atoms with Crippen LogP contribution in [0.1, 0.15) is 28.9 Å². The van der Waals surface area contributed by atoms with E-state index in [4.69, 9.17) is 4.74 Å². The fourth-order valence-corrected chi connectivity index (χ4v) is 3.42. The van der Waals surface area contributed by atoms with E-state index in [1.54, 1.807) is 18.2 Å². The van der Waals surface area contributed by atoms with E-state index in [9.17, 15) is 9.59 Å². The van der Waals surface area contributed by atoms with Crippen molar-refractivity contribution in [3.63, 3.8) is 0 Å². The molecule has 0 radical (unpaired) electrons. The third-order valence-electron chi connectivity index (χ3n) is 4.13. The minimum atomic E-state index is -1.21. The first-order chi connectivity index (χ1) is 10.6. The summed E-state index contributed by atoms with van der Waals surface area (Å²) in [7, 11) is 0. The number of halogens is 1. The number of benzene rings is 2. The largest absolute Gasteiger partial charge is 0.332 e. The lowest BCUT2D eigenvalue weighted by Crippen LogP contribution is -2.43. The number of fused-ring (bicyclic) bond motifs is 1. The monoisotopic (exact) mass is 357 g/mol. The number of ketones is 1. The number of epoxide rings is 1. The van der Waals surface area contributed by atoms with Gasteiger partial charge in [-0.2, -0.15) is 0 Å². The Kier molecular flexibility index (Phi) is 2.80. The lowest BCUT2D eigenvalue weighted by molar-refractivity contribution is -0.117. The van der Waals surface area contributed by atoms with Crippen molar-refractivity contribution >= 4 is 33.3 Å². The van der Waals surface area contributed by atoms with Gasteiger partial charge in [0.2, 0.25) is 17.4 Å². The highest BCUT2D eigenvalue weighted by Crippen LogP contribution is 2.59. The molecule has 2 aromatic carbocycles. The van der Waals surface area contributed by atoms with Crippen molar-refractivity contribution in [2.24, 2.45) is 0 Å². The van der Waals surface area contributed by atoms with Gasteiger partial charge in [-0.05, 0) is 29.8 Å². The average Bonchev–Trinajstić information content (AvgIpc) is 3.17. The van der Waals surface area contributed by atoms with Gasteiger partial charge in [0, 0.05) is 17.0 Å². The molecule has 0 saturated carbocycles. The first-order valence-electron chi connectivity index (χ1n) is 6.93. The molecule has 2 heterocycles. The summed E-state index contributed by atoms with van der Waals surface area (Å²) in [6.45, 7) is 1.46. The van der Waals surface area contributed by atoms with Gasteiger partial charge >= 0.3 is 0 Å². The predicted molar refractivity (Wildman–Crippen MR) is 84.6 cm³/mol. The van der Waals surface area contributed by atoms with Crippen molar-refractivity contribution in [2.45, 2.75) is 18.8 Å². The number of Topliss-reactive ketones (excluding diaryl/α,β-unsaturated/α-hetero) is 1. The second-order valence-electron chi connectivity index (χ2n) is 5.45. The van der Waals surface area contributed by atoms with Crippen LogP contribution in [0.4, 0.5) is 5.69 Å². The van der Waals surface area contributed by atoms with E-state index in [1.807, 2.05) is 30.3 Å². The molecule has 1 spiro atoms. The normalized spacial score (nSPS) is 25.5. The number of carbonyl (C=O) groups excluding carboxylic acids is 2. The van der Waals surface area contributed by atoms with E-state index in [0.717, 1.165) is 10.0 Å². The van der Waals surface area contributed by atoms with E-state index in [2.05, 4.69) is 15.9 Å². The lowest BCUT2D eigenvalue weighted by atomic mass is 10.0. The van der Waals surface area contributed by atoms with Crippen LogP contribution in [0.25, 0.3) is 0 Å². The standard InChI is InChI=1S/C17H12BrNO3/c1-10(20)19-14-5-3-2-4-13(14)15(21)17(19)16(22-17)11-6-8-12(18)9-7-11/h2-9,16H,1H3/t16-,17+/m1/s1. The molecular weight excluding hydrogens is 346 g/mol. The SMILES string of the molecule is CC(=O)N1c2ccccc2C(=O)[C@@]12O[C@@H]2c1ccc(Br)cc1. The number of nitrogens with zero attached hydrogens (tertiary/aromatic N) is 1. The fraction of sp³-hybridized carbons (Fsp3) is 0.176. The van der Waals surface area contributed by atoms with Gasteiger partial charge in [0.05, 0.1) is 5.69 Å². The quantitative estimate of drug-likeness (QED) is 0.734. The van der Waals surface area contributed by atoms with Gasteiger partial charge in [0.25, 0.3) is 0 Å². The van der Waals surface area contributed by atoms with E-state index in [0.29, 0.717) is 11.3 Å². The number of carbonyl (C=O) groups is 2. The number of rotatable bonds is 1. The molecule has 22 heavy (non-hydrogen) atoms. The summed E-state index contributed by atoms with van der Waals surface area (Å²) >= 11 is 3.39. The highest BCUT2D eigenvalue weighted by molar-refractivity contribution is 9.10. The summed E-state index contributed by atoms with van der Waals surface area (Å²) in [5.74, 6) is -0.343. The first-order valence-corrected chi connectivity index (χ1v) is 7.73. The van der Waals surface area contributed by atoms with Gasteiger partial charge in [-0.25, -0.2) is 0 Å². The summed E-state index contributed by atoms with van der Waals surface area (Å²) in [4.78, 5) is 26.4. The second kappa shape index (κ2) is 4.51. The van der Waals surface area contributed by atoms with E-state index in [-0.39, 0.29) is 11.7 Å². The minimum absolute atomic E-state index is 0.147. The maximum atomic E-state index is 12.8. The Bertz CT molecular complexity index is 802. The molecule has 2 aliphatic heterocycles. The predicted octanol–water partition coefficient (Wildman–Crippen LogP) is 3.47. The average molecular weight is 358 g/mol. The molecule has 110 valence electrons. The molecule has 1 saturated heterocycles. The van der Waals surface area contributed by atoms with E-state index in [1.165, 1.54) is 11.8 Å². The van der Waals surface area contributed by atoms with E-state index < -0.39 is 11.8 Å². The molecule has 4 nitrogen and oxygen atoms in total. The van der Waals surface area contributed by atoms with Crippen LogP contribution in [-0.4, -0.2) is 17.4 Å². The summed E-state index contributed by atoms with van der Waals surface area (Å²) in [6, 6.07) is 14.7. The van der Waals surface area contributed by atoms with Gasteiger partial charge in [-0.3, -0.25) is 14.5 Å². The van der Waals surface area contributed by atoms with Crippen LogP contribution in [0.3, 0.4) is 0 Å². The summed E-state index contributed by atoms with van der Waals surface area (Å²) in [5, 5.41) is 0. The van der Waals surface area contributed by atoms with E-state index >= 15 is 0 Å². The first kappa shape index (κ1) is 13.7. The Labute approximate surface area is 135 Å². The van der Waals surface area contributed by atoms with Crippen LogP contribution in [0.15, 0.2) is 53.0 Å². The molecule has 2 aromatic rings. The summed E-state index contributed by atoms with van der Waals surface area (Å²) in [5.41, 5.74) is 0.844. The zero-order chi connectivity index (χ0) is 15.5. The van der Waals surface area contributed by atoms with Gasteiger partial charge < -0.3 is 4.74 Å². The topological polar surface area (TPSA) is 49.9 Å². The number of ether oxygens (including phenoxy) is 1. The lowest BCUT2D eigenvalue weighted by Gasteiger charge is -2.20. The van der Waals surface area contributed by atoms with Crippen molar-refractivity contribution in [2.75, 3.05) is 4.90 Å². The molecule has 0 bridgehead atoms.